The van der Waals surface area contributed by atoms with Gasteiger partial charge in [-0.2, -0.15) is 8.42 Å². The topological polar surface area (TPSA) is 173 Å². The van der Waals surface area contributed by atoms with Gasteiger partial charge in [-0.25, -0.2) is 4.79 Å². The Balaban J connectivity index is 0.000000551. The first-order chi connectivity index (χ1) is 13.4. The molecule has 1 saturated carbocycles. The number of aliphatic carboxylic acids is 1. The molecular weight excluding hydrogens is 404 g/mol. The lowest BCUT2D eigenvalue weighted by atomic mass is 9.80. The van der Waals surface area contributed by atoms with Crippen LogP contribution in [0.2, 0.25) is 0 Å². The van der Waals surface area contributed by atoms with Crippen molar-refractivity contribution in [2.24, 2.45) is 0 Å². The fourth-order valence-electron chi connectivity index (χ4n) is 3.22. The average molecular weight is 443 g/mol. The molecule has 0 aromatic heterocycles. The predicted octanol–water partition coefficient (Wildman–Crippen LogP) is 1.47. The number of aliphatic hydroxyl groups is 4. The van der Waals surface area contributed by atoms with Crippen molar-refractivity contribution in [2.45, 2.75) is 108 Å². The lowest BCUT2D eigenvalue weighted by molar-refractivity contribution is -0.187. The molecule has 6 N–H and O–H groups in total. The summed E-state index contributed by atoms with van der Waals surface area (Å²) in [6.45, 7) is 2.22. The third-order valence-electron chi connectivity index (χ3n) is 5.04. The normalized spacial score (nSPS) is 27.2. The number of hydrogen-bond donors (Lipinski definition) is 6. The van der Waals surface area contributed by atoms with E-state index in [2.05, 4.69) is 6.92 Å². The van der Waals surface area contributed by atoms with Gasteiger partial charge in [0.15, 0.2) is 5.60 Å². The van der Waals surface area contributed by atoms with Gasteiger partial charge in [-0.1, -0.05) is 64.7 Å². The minimum Gasteiger partial charge on any atom is -0.479 e. The Morgan fingerprint density at radius 3 is 1.59 bits per heavy atom. The maximum absolute atomic E-state index is 10.5. The molecule has 0 aliphatic heterocycles. The molecule has 1 aliphatic carbocycles. The number of carboxylic acid groups (broad SMARTS) is 1. The van der Waals surface area contributed by atoms with E-state index in [0.29, 0.717) is 6.42 Å². The first kappa shape index (κ1) is 28.2. The van der Waals surface area contributed by atoms with Crippen LogP contribution in [0.25, 0.3) is 0 Å². The maximum Gasteiger partial charge on any atom is 0.335 e. The summed E-state index contributed by atoms with van der Waals surface area (Å²) in [6.07, 6.45) is 6.50. The molecule has 0 heterocycles. The number of aliphatic hydroxyl groups excluding tert-OH is 3. The number of carboxylic acids is 1. The van der Waals surface area contributed by atoms with Crippen molar-refractivity contribution < 1.29 is 43.3 Å². The van der Waals surface area contributed by atoms with Gasteiger partial charge in [-0.3, -0.25) is 4.55 Å². The van der Waals surface area contributed by atoms with E-state index in [1.54, 1.807) is 0 Å². The van der Waals surface area contributed by atoms with Crippen LogP contribution < -0.4 is 0 Å². The zero-order valence-electron chi connectivity index (χ0n) is 17.2. The Kier molecular flexibility index (Phi) is 13.9. The van der Waals surface area contributed by atoms with Crippen molar-refractivity contribution in [3.05, 3.63) is 0 Å². The lowest BCUT2D eigenvalue weighted by Crippen LogP contribution is -2.56. The maximum atomic E-state index is 10.5. The van der Waals surface area contributed by atoms with Crippen molar-refractivity contribution in [2.75, 3.05) is 5.75 Å². The van der Waals surface area contributed by atoms with E-state index in [0.717, 1.165) is 12.8 Å². The van der Waals surface area contributed by atoms with E-state index >= 15 is 0 Å². The summed E-state index contributed by atoms with van der Waals surface area (Å²) in [4.78, 5) is 10.5. The molecule has 1 fully saturated rings. The lowest BCUT2D eigenvalue weighted by Gasteiger charge is -2.37. The highest BCUT2D eigenvalue weighted by molar-refractivity contribution is 7.85. The summed E-state index contributed by atoms with van der Waals surface area (Å²) in [5, 5.41) is 45.2. The molecule has 0 aromatic carbocycles. The third kappa shape index (κ3) is 13.2. The van der Waals surface area contributed by atoms with Gasteiger partial charge in [0.1, 0.15) is 6.10 Å². The van der Waals surface area contributed by atoms with Crippen LogP contribution in [0, 0.1) is 0 Å². The second-order valence-electron chi connectivity index (χ2n) is 7.84. The van der Waals surface area contributed by atoms with Gasteiger partial charge >= 0.3 is 5.97 Å². The first-order valence-corrected chi connectivity index (χ1v) is 12.0. The van der Waals surface area contributed by atoms with Gasteiger partial charge in [0, 0.05) is 12.8 Å². The zero-order chi connectivity index (χ0) is 22.5. The molecule has 0 saturated heterocycles. The smallest absolute Gasteiger partial charge is 0.335 e. The van der Waals surface area contributed by atoms with Gasteiger partial charge in [0.2, 0.25) is 0 Å². The SMILES string of the molecule is CCCCCCCCCCCCS(=O)(=O)O.O=C(O)C1(O)C[C@@H](O)C(O)[C@H](O)C1. The highest BCUT2D eigenvalue weighted by Crippen LogP contribution is 2.29. The number of unbranched alkanes of at least 4 members (excludes halogenated alkanes) is 9. The minimum absolute atomic E-state index is 0.0799. The van der Waals surface area contributed by atoms with Crippen LogP contribution in [0.5, 0.6) is 0 Å². The van der Waals surface area contributed by atoms with Crippen LogP contribution in [-0.4, -0.2) is 74.1 Å². The van der Waals surface area contributed by atoms with Crippen molar-refractivity contribution in [1.82, 2.24) is 0 Å². The fraction of sp³-hybridized carbons (Fsp3) is 0.947. The molecule has 0 amide bonds. The molecule has 0 spiro atoms. The van der Waals surface area contributed by atoms with Crippen molar-refractivity contribution in [3.63, 3.8) is 0 Å². The summed E-state index contributed by atoms with van der Waals surface area (Å²) >= 11 is 0. The molecule has 10 heteroatoms. The van der Waals surface area contributed by atoms with Crippen LogP contribution >= 0.6 is 0 Å². The molecule has 29 heavy (non-hydrogen) atoms. The quantitative estimate of drug-likeness (QED) is 0.193. The van der Waals surface area contributed by atoms with Crippen molar-refractivity contribution in [1.29, 1.82) is 0 Å². The van der Waals surface area contributed by atoms with Crippen LogP contribution in [0.4, 0.5) is 0 Å². The zero-order valence-corrected chi connectivity index (χ0v) is 18.1. The molecule has 174 valence electrons. The summed E-state index contributed by atoms with van der Waals surface area (Å²) in [5.74, 6) is -1.58. The van der Waals surface area contributed by atoms with Gasteiger partial charge in [-0.05, 0) is 6.42 Å². The molecule has 2 atom stereocenters. The Morgan fingerprint density at radius 1 is 0.862 bits per heavy atom. The van der Waals surface area contributed by atoms with Gasteiger partial charge in [0.05, 0.1) is 18.0 Å². The second-order valence-corrected chi connectivity index (χ2v) is 9.41. The molecule has 1 rings (SSSR count). The van der Waals surface area contributed by atoms with Gasteiger partial charge in [-0.15, -0.1) is 0 Å². The summed E-state index contributed by atoms with van der Waals surface area (Å²) in [7, 11) is -3.73. The molecule has 0 radical (unpaired) electrons. The van der Waals surface area contributed by atoms with E-state index in [1.807, 2.05) is 0 Å². The monoisotopic (exact) mass is 442 g/mol. The predicted molar refractivity (Wildman–Crippen MR) is 108 cm³/mol. The van der Waals surface area contributed by atoms with E-state index in [1.165, 1.54) is 44.9 Å². The number of carbonyl (C=O) groups is 1. The standard InChI is InChI=1S/C12H26O3S.C7H12O6/c1-2-3-4-5-6-7-8-9-10-11-12-16(13,14)15;8-3-1-7(13,6(11)12)2-4(9)5(3)10/h2-12H2,1H3,(H,13,14,15);3-5,8-10,13H,1-2H2,(H,11,12)/t;3-,4-,5?,7?/m.1/s1. The third-order valence-corrected chi connectivity index (χ3v) is 5.84. The highest BCUT2D eigenvalue weighted by atomic mass is 32.2. The Hall–Kier alpha value is -0.780. The molecular formula is C19H38O9S. The van der Waals surface area contributed by atoms with Crippen LogP contribution in [0.3, 0.4) is 0 Å². The van der Waals surface area contributed by atoms with Crippen molar-refractivity contribution >= 4 is 16.1 Å². The molecule has 1 aliphatic rings. The van der Waals surface area contributed by atoms with Crippen molar-refractivity contribution in [3.8, 4) is 0 Å². The number of rotatable bonds is 12. The molecule has 0 aromatic rings. The van der Waals surface area contributed by atoms with Crippen LogP contribution in [-0.2, 0) is 14.9 Å². The van der Waals surface area contributed by atoms with Gasteiger partial charge in [0.25, 0.3) is 10.1 Å². The Morgan fingerprint density at radius 2 is 1.24 bits per heavy atom. The summed E-state index contributed by atoms with van der Waals surface area (Å²) < 4.78 is 29.4. The molecule has 0 unspecified atom stereocenters. The summed E-state index contributed by atoms with van der Waals surface area (Å²) in [5.41, 5.74) is -2.14. The Labute approximate surface area is 173 Å². The highest BCUT2D eigenvalue weighted by Gasteiger charge is 2.48. The average Bonchev–Trinajstić information content (AvgIpc) is 2.61. The first-order valence-electron chi connectivity index (χ1n) is 10.4. The summed E-state index contributed by atoms with van der Waals surface area (Å²) in [6, 6.07) is 0. The molecule has 9 nitrogen and oxygen atoms in total. The number of hydrogen-bond acceptors (Lipinski definition) is 7. The van der Waals surface area contributed by atoms with Gasteiger partial charge < -0.3 is 25.5 Å². The second kappa shape index (κ2) is 14.3. The minimum atomic E-state index is -3.73. The van der Waals surface area contributed by atoms with E-state index < -0.39 is 52.8 Å². The van der Waals surface area contributed by atoms with Crippen LogP contribution in [0.15, 0.2) is 0 Å². The van der Waals surface area contributed by atoms with E-state index in [9.17, 15) is 18.3 Å². The van der Waals surface area contributed by atoms with Crippen LogP contribution in [0.1, 0.15) is 84.0 Å². The Bertz CT molecular complexity index is 538. The van der Waals surface area contributed by atoms with E-state index in [-0.39, 0.29) is 5.75 Å². The fourth-order valence-corrected chi connectivity index (χ4v) is 3.79. The van der Waals surface area contributed by atoms with E-state index in [4.69, 9.17) is 25.0 Å². The largest absolute Gasteiger partial charge is 0.479 e. The molecule has 0 bridgehead atoms.